The van der Waals surface area contributed by atoms with Gasteiger partial charge in [-0.05, 0) is 67.9 Å². The van der Waals surface area contributed by atoms with Crippen molar-refractivity contribution >= 4 is 5.69 Å². The molecule has 2 aromatic rings. The zero-order valence-electron chi connectivity index (χ0n) is 20.4. The van der Waals surface area contributed by atoms with Gasteiger partial charge in [0.15, 0.2) is 0 Å². The number of rotatable bonds is 15. The van der Waals surface area contributed by atoms with E-state index < -0.39 is 0 Å². The quantitative estimate of drug-likeness (QED) is 0.294. The van der Waals surface area contributed by atoms with Gasteiger partial charge in [-0.1, -0.05) is 64.7 Å². The van der Waals surface area contributed by atoms with Gasteiger partial charge in [-0.2, -0.15) is 0 Å². The standard InChI is InChI=1S/C28H43NO2/c1-6-7-8-9-10-18-30-26-14-11-13-25(21-26)29-22-28(4,5)17-12-19-31-27-20-23(2)15-16-24(27)3/h11,13-16,20-21,29H,6-10,12,17-19,22H2,1-5H3. The molecule has 31 heavy (non-hydrogen) atoms. The molecule has 0 atom stereocenters. The largest absolute Gasteiger partial charge is 0.494 e. The second-order valence-corrected chi connectivity index (χ2v) is 9.53. The molecule has 0 aliphatic heterocycles. The molecular formula is C28H43NO2. The van der Waals surface area contributed by atoms with Crippen molar-refractivity contribution in [3.8, 4) is 11.5 Å². The predicted octanol–water partition coefficient (Wildman–Crippen LogP) is 7.95. The average Bonchev–Trinajstić information content (AvgIpc) is 2.75. The highest BCUT2D eigenvalue weighted by molar-refractivity contribution is 5.48. The Kier molecular flexibility index (Phi) is 10.8. The van der Waals surface area contributed by atoms with Gasteiger partial charge in [0.2, 0.25) is 0 Å². The lowest BCUT2D eigenvalue weighted by Crippen LogP contribution is -2.23. The molecule has 1 N–H and O–H groups in total. The van der Waals surface area contributed by atoms with Gasteiger partial charge >= 0.3 is 0 Å². The fourth-order valence-electron chi connectivity index (χ4n) is 3.62. The summed E-state index contributed by atoms with van der Waals surface area (Å²) >= 11 is 0. The fourth-order valence-corrected chi connectivity index (χ4v) is 3.62. The van der Waals surface area contributed by atoms with E-state index in [-0.39, 0.29) is 5.41 Å². The molecule has 2 aromatic carbocycles. The molecule has 0 aromatic heterocycles. The molecule has 172 valence electrons. The van der Waals surface area contributed by atoms with E-state index in [2.05, 4.69) is 76.3 Å². The van der Waals surface area contributed by atoms with Gasteiger partial charge in [0.05, 0.1) is 13.2 Å². The van der Waals surface area contributed by atoms with Crippen LogP contribution in [0.1, 0.15) is 76.8 Å². The molecule has 3 heteroatoms. The Morgan fingerprint density at radius 2 is 1.61 bits per heavy atom. The monoisotopic (exact) mass is 425 g/mol. The number of nitrogens with one attached hydrogen (secondary N) is 1. The summed E-state index contributed by atoms with van der Waals surface area (Å²) in [5.74, 6) is 1.97. The maximum atomic E-state index is 6.02. The molecule has 0 saturated heterocycles. The Morgan fingerprint density at radius 3 is 2.42 bits per heavy atom. The first kappa shape index (κ1) is 25.1. The minimum absolute atomic E-state index is 0.196. The Labute approximate surface area is 190 Å². The molecule has 0 unspecified atom stereocenters. The van der Waals surface area contributed by atoms with E-state index in [1.165, 1.54) is 36.8 Å². The number of ether oxygens (including phenoxy) is 2. The maximum absolute atomic E-state index is 6.02. The lowest BCUT2D eigenvalue weighted by molar-refractivity contribution is 0.263. The van der Waals surface area contributed by atoms with Crippen LogP contribution in [0.3, 0.4) is 0 Å². The Morgan fingerprint density at radius 1 is 0.839 bits per heavy atom. The molecule has 0 aliphatic rings. The van der Waals surface area contributed by atoms with E-state index in [0.29, 0.717) is 0 Å². The summed E-state index contributed by atoms with van der Waals surface area (Å²) in [4.78, 5) is 0. The van der Waals surface area contributed by atoms with Gasteiger partial charge in [0, 0.05) is 18.3 Å². The highest BCUT2D eigenvalue weighted by Crippen LogP contribution is 2.26. The van der Waals surface area contributed by atoms with E-state index in [1.807, 2.05) is 6.07 Å². The number of benzene rings is 2. The van der Waals surface area contributed by atoms with E-state index in [4.69, 9.17) is 9.47 Å². The second-order valence-electron chi connectivity index (χ2n) is 9.53. The summed E-state index contributed by atoms with van der Waals surface area (Å²) in [7, 11) is 0. The molecule has 2 rings (SSSR count). The van der Waals surface area contributed by atoms with E-state index in [9.17, 15) is 0 Å². The van der Waals surface area contributed by atoms with E-state index >= 15 is 0 Å². The molecule has 0 saturated carbocycles. The van der Waals surface area contributed by atoms with Crippen LogP contribution in [-0.2, 0) is 0 Å². The normalized spacial score (nSPS) is 11.4. The summed E-state index contributed by atoms with van der Waals surface area (Å²) in [6, 6.07) is 14.7. The van der Waals surface area contributed by atoms with Gasteiger partial charge in [-0.25, -0.2) is 0 Å². The van der Waals surface area contributed by atoms with Crippen molar-refractivity contribution in [2.45, 2.75) is 79.6 Å². The van der Waals surface area contributed by atoms with Gasteiger partial charge in [0.25, 0.3) is 0 Å². The van der Waals surface area contributed by atoms with Crippen molar-refractivity contribution in [2.24, 2.45) is 5.41 Å². The second kappa shape index (κ2) is 13.3. The molecule has 3 nitrogen and oxygen atoms in total. The summed E-state index contributed by atoms with van der Waals surface area (Å²) in [6.07, 6.45) is 8.47. The predicted molar refractivity (Wildman–Crippen MR) is 134 cm³/mol. The zero-order valence-corrected chi connectivity index (χ0v) is 20.4. The highest BCUT2D eigenvalue weighted by Gasteiger charge is 2.17. The van der Waals surface area contributed by atoms with Crippen molar-refractivity contribution in [2.75, 3.05) is 25.1 Å². The van der Waals surface area contributed by atoms with Crippen molar-refractivity contribution in [3.63, 3.8) is 0 Å². The molecule has 0 radical (unpaired) electrons. The zero-order chi connectivity index (χ0) is 22.5. The van der Waals surface area contributed by atoms with Crippen LogP contribution in [0.15, 0.2) is 42.5 Å². The number of anilines is 1. The SMILES string of the molecule is CCCCCCCOc1cccc(NCC(C)(C)CCCOc2cc(C)ccc2C)c1. The first-order valence-electron chi connectivity index (χ1n) is 12.1. The summed E-state index contributed by atoms with van der Waals surface area (Å²) in [6.45, 7) is 13.6. The number of hydrogen-bond acceptors (Lipinski definition) is 3. The van der Waals surface area contributed by atoms with Gasteiger partial charge in [-0.3, -0.25) is 0 Å². The highest BCUT2D eigenvalue weighted by atomic mass is 16.5. The van der Waals surface area contributed by atoms with Crippen molar-refractivity contribution < 1.29 is 9.47 Å². The van der Waals surface area contributed by atoms with E-state index in [0.717, 1.165) is 56.2 Å². The maximum Gasteiger partial charge on any atom is 0.122 e. The average molecular weight is 426 g/mol. The summed E-state index contributed by atoms with van der Waals surface area (Å²) in [5.41, 5.74) is 3.77. The van der Waals surface area contributed by atoms with Crippen LogP contribution in [0.4, 0.5) is 5.69 Å². The molecular weight excluding hydrogens is 382 g/mol. The summed E-state index contributed by atoms with van der Waals surface area (Å²) in [5, 5.41) is 3.60. The van der Waals surface area contributed by atoms with Crippen molar-refractivity contribution in [1.82, 2.24) is 0 Å². The molecule has 0 heterocycles. The third-order valence-electron chi connectivity index (χ3n) is 5.72. The minimum atomic E-state index is 0.196. The van der Waals surface area contributed by atoms with Gasteiger partial charge in [-0.15, -0.1) is 0 Å². The van der Waals surface area contributed by atoms with E-state index in [1.54, 1.807) is 0 Å². The number of unbranched alkanes of at least 4 members (excludes halogenated alkanes) is 4. The first-order chi connectivity index (χ1) is 14.9. The Hall–Kier alpha value is -2.16. The molecule has 0 spiro atoms. The van der Waals surface area contributed by atoms with Crippen molar-refractivity contribution in [1.29, 1.82) is 0 Å². The smallest absolute Gasteiger partial charge is 0.122 e. The number of aryl methyl sites for hydroxylation is 2. The molecule has 0 amide bonds. The van der Waals surface area contributed by atoms with Gasteiger partial charge < -0.3 is 14.8 Å². The van der Waals surface area contributed by atoms with Crippen LogP contribution in [0.2, 0.25) is 0 Å². The van der Waals surface area contributed by atoms with Crippen LogP contribution in [0.5, 0.6) is 11.5 Å². The lowest BCUT2D eigenvalue weighted by atomic mass is 9.88. The third kappa shape index (κ3) is 10.1. The fraction of sp³-hybridized carbons (Fsp3) is 0.571. The van der Waals surface area contributed by atoms with Crippen LogP contribution in [-0.4, -0.2) is 19.8 Å². The Balaban J connectivity index is 1.69. The van der Waals surface area contributed by atoms with Crippen LogP contribution in [0, 0.1) is 19.3 Å². The lowest BCUT2D eigenvalue weighted by Gasteiger charge is -2.26. The van der Waals surface area contributed by atoms with Crippen LogP contribution < -0.4 is 14.8 Å². The minimum Gasteiger partial charge on any atom is -0.494 e. The molecule has 0 fully saturated rings. The molecule has 0 aliphatic carbocycles. The number of hydrogen-bond donors (Lipinski definition) is 1. The topological polar surface area (TPSA) is 30.5 Å². The molecule has 0 bridgehead atoms. The first-order valence-corrected chi connectivity index (χ1v) is 12.1. The summed E-state index contributed by atoms with van der Waals surface area (Å²) < 4.78 is 12.0. The van der Waals surface area contributed by atoms with Crippen LogP contribution >= 0.6 is 0 Å². The van der Waals surface area contributed by atoms with Crippen molar-refractivity contribution in [3.05, 3.63) is 53.6 Å². The Bertz CT molecular complexity index is 769. The van der Waals surface area contributed by atoms with Gasteiger partial charge in [0.1, 0.15) is 11.5 Å². The van der Waals surface area contributed by atoms with Crippen LogP contribution in [0.25, 0.3) is 0 Å². The third-order valence-corrected chi connectivity index (χ3v) is 5.72.